The number of hydrogen-bond donors (Lipinski definition) is 2. The monoisotopic (exact) mass is 473 g/mol. The molecule has 3 aromatic rings. The van der Waals surface area contributed by atoms with E-state index in [4.69, 9.17) is 12.2 Å². The van der Waals surface area contributed by atoms with Crippen LogP contribution >= 0.6 is 12.2 Å². The van der Waals surface area contributed by atoms with Crippen molar-refractivity contribution in [1.82, 2.24) is 19.8 Å². The smallest absolute Gasteiger partial charge is 0.226 e. The van der Waals surface area contributed by atoms with E-state index < -0.39 is 0 Å². The van der Waals surface area contributed by atoms with E-state index in [1.807, 2.05) is 54.7 Å². The van der Waals surface area contributed by atoms with Crippen LogP contribution in [-0.4, -0.2) is 32.0 Å². The molecular formula is C27H31N5OS. The summed E-state index contributed by atoms with van der Waals surface area (Å²) in [6.45, 7) is 0.535. The van der Waals surface area contributed by atoms with Crippen molar-refractivity contribution in [2.24, 2.45) is 0 Å². The van der Waals surface area contributed by atoms with Gasteiger partial charge in [-0.2, -0.15) is 0 Å². The third kappa shape index (κ3) is 4.99. The zero-order valence-corrected chi connectivity index (χ0v) is 20.1. The van der Waals surface area contributed by atoms with Gasteiger partial charge in [-0.15, -0.1) is 0 Å². The summed E-state index contributed by atoms with van der Waals surface area (Å²) in [5.74, 6) is -0.0196. The van der Waals surface area contributed by atoms with E-state index in [9.17, 15) is 4.79 Å². The SMILES string of the molecule is O=C(CCN1C(=S)N[C@H](c2ccccn2)[C@H]1c1ccn(C2CCCCC2)c1)Nc1ccccc1. The molecule has 0 bridgehead atoms. The Balaban J connectivity index is 1.36. The van der Waals surface area contributed by atoms with Crippen LogP contribution in [0.2, 0.25) is 0 Å². The Morgan fingerprint density at radius 3 is 2.62 bits per heavy atom. The molecule has 0 unspecified atom stereocenters. The molecule has 1 saturated heterocycles. The molecule has 34 heavy (non-hydrogen) atoms. The first kappa shape index (κ1) is 22.6. The molecule has 1 amide bonds. The molecule has 2 aliphatic rings. The number of amides is 1. The van der Waals surface area contributed by atoms with Gasteiger partial charge in [-0.05, 0) is 61.0 Å². The van der Waals surface area contributed by atoms with Gasteiger partial charge in [0.15, 0.2) is 5.11 Å². The standard InChI is InChI=1S/C27H31N5OS/c33-24(29-21-9-3-1-4-10-21)15-18-32-26(25(30-27(32)34)23-13-7-8-16-28-23)20-14-17-31(19-20)22-11-5-2-6-12-22/h1,3-4,7-10,13-14,16-17,19,22,25-26H,2,5-6,11-12,15,18H2,(H,29,33)(H,30,34)/t25-,26-/m1/s1. The minimum absolute atomic E-state index is 0.0169. The summed E-state index contributed by atoms with van der Waals surface area (Å²) >= 11 is 5.76. The first-order valence-corrected chi connectivity index (χ1v) is 12.6. The lowest BCUT2D eigenvalue weighted by Crippen LogP contribution is -2.32. The van der Waals surface area contributed by atoms with Gasteiger partial charge in [0.25, 0.3) is 0 Å². The summed E-state index contributed by atoms with van der Waals surface area (Å²) in [6, 6.07) is 18.2. The number of benzene rings is 1. The molecule has 6 nitrogen and oxygen atoms in total. The Bertz CT molecular complexity index is 1110. The van der Waals surface area contributed by atoms with E-state index in [0.717, 1.165) is 11.4 Å². The molecule has 0 spiro atoms. The maximum absolute atomic E-state index is 12.7. The van der Waals surface area contributed by atoms with Crippen molar-refractivity contribution in [3.8, 4) is 0 Å². The van der Waals surface area contributed by atoms with Crippen LogP contribution in [0.1, 0.15) is 67.9 Å². The van der Waals surface area contributed by atoms with E-state index in [1.54, 1.807) is 0 Å². The van der Waals surface area contributed by atoms with Crippen LogP contribution in [0.15, 0.2) is 73.2 Å². The molecule has 1 saturated carbocycles. The van der Waals surface area contributed by atoms with Crippen molar-refractivity contribution in [2.75, 3.05) is 11.9 Å². The van der Waals surface area contributed by atoms with Crippen LogP contribution in [0.3, 0.4) is 0 Å². The van der Waals surface area contributed by atoms with Gasteiger partial charge in [-0.1, -0.05) is 43.5 Å². The number of nitrogens with one attached hydrogen (secondary N) is 2. The number of pyridine rings is 1. The lowest BCUT2D eigenvalue weighted by molar-refractivity contribution is -0.116. The highest BCUT2D eigenvalue weighted by Crippen LogP contribution is 2.39. The van der Waals surface area contributed by atoms with Gasteiger partial charge < -0.3 is 20.1 Å². The number of hydrogen-bond acceptors (Lipinski definition) is 3. The molecule has 1 aliphatic carbocycles. The van der Waals surface area contributed by atoms with Crippen molar-refractivity contribution < 1.29 is 4.79 Å². The summed E-state index contributed by atoms with van der Waals surface area (Å²) in [5.41, 5.74) is 2.97. The average molecular weight is 474 g/mol. The molecular weight excluding hydrogens is 442 g/mol. The van der Waals surface area contributed by atoms with Crippen molar-refractivity contribution in [3.63, 3.8) is 0 Å². The highest BCUT2D eigenvalue weighted by atomic mass is 32.1. The third-order valence-electron chi connectivity index (χ3n) is 6.91. The van der Waals surface area contributed by atoms with Crippen LogP contribution in [0.5, 0.6) is 0 Å². The average Bonchev–Trinajstić information content (AvgIpc) is 3.49. The summed E-state index contributed by atoms with van der Waals surface area (Å²) in [7, 11) is 0. The van der Waals surface area contributed by atoms with Gasteiger partial charge in [0.05, 0.1) is 17.8 Å². The van der Waals surface area contributed by atoms with Crippen LogP contribution in [0.25, 0.3) is 0 Å². The second kappa shape index (κ2) is 10.4. The van der Waals surface area contributed by atoms with E-state index in [1.165, 1.54) is 37.7 Å². The Hall–Kier alpha value is -3.19. The van der Waals surface area contributed by atoms with Crippen molar-refractivity contribution in [3.05, 3.63) is 84.4 Å². The van der Waals surface area contributed by atoms with E-state index in [2.05, 4.69) is 43.5 Å². The molecule has 7 heteroatoms. The van der Waals surface area contributed by atoms with Crippen LogP contribution in [0, 0.1) is 0 Å². The second-order valence-corrected chi connectivity index (χ2v) is 9.55. The summed E-state index contributed by atoms with van der Waals surface area (Å²) < 4.78 is 2.38. The molecule has 0 radical (unpaired) electrons. The minimum atomic E-state index is -0.0620. The fraction of sp³-hybridized carbons (Fsp3) is 0.370. The maximum Gasteiger partial charge on any atom is 0.226 e. The first-order valence-electron chi connectivity index (χ1n) is 12.2. The molecule has 2 N–H and O–H groups in total. The van der Waals surface area contributed by atoms with E-state index in [0.29, 0.717) is 24.1 Å². The van der Waals surface area contributed by atoms with Gasteiger partial charge in [-0.25, -0.2) is 0 Å². The third-order valence-corrected chi connectivity index (χ3v) is 7.26. The van der Waals surface area contributed by atoms with Crippen molar-refractivity contribution >= 4 is 28.9 Å². The van der Waals surface area contributed by atoms with Crippen LogP contribution < -0.4 is 10.6 Å². The zero-order chi connectivity index (χ0) is 23.3. The number of rotatable bonds is 7. The Kier molecular flexibility index (Phi) is 6.90. The number of nitrogens with zero attached hydrogens (tertiary/aromatic N) is 3. The van der Waals surface area contributed by atoms with Gasteiger partial charge in [0.1, 0.15) is 0 Å². The topological polar surface area (TPSA) is 62.2 Å². The van der Waals surface area contributed by atoms with Gasteiger partial charge in [0.2, 0.25) is 5.91 Å². The molecule has 3 heterocycles. The Morgan fingerprint density at radius 1 is 1.06 bits per heavy atom. The number of carbonyl (C=O) groups excluding carboxylic acids is 1. The highest BCUT2D eigenvalue weighted by Gasteiger charge is 2.40. The van der Waals surface area contributed by atoms with E-state index in [-0.39, 0.29) is 18.0 Å². The zero-order valence-electron chi connectivity index (χ0n) is 19.3. The molecule has 5 rings (SSSR count). The number of carbonyl (C=O) groups is 1. The maximum atomic E-state index is 12.7. The highest BCUT2D eigenvalue weighted by molar-refractivity contribution is 7.80. The number of thiocarbonyl (C=S) groups is 1. The molecule has 1 aliphatic heterocycles. The van der Waals surface area contributed by atoms with Gasteiger partial charge in [0, 0.05) is 43.3 Å². The summed E-state index contributed by atoms with van der Waals surface area (Å²) in [6.07, 6.45) is 13.1. The fourth-order valence-electron chi connectivity index (χ4n) is 5.19. The normalized spacial score (nSPS) is 20.8. The lowest BCUT2D eigenvalue weighted by Gasteiger charge is -2.27. The summed E-state index contributed by atoms with van der Waals surface area (Å²) in [4.78, 5) is 19.4. The fourth-order valence-corrected chi connectivity index (χ4v) is 5.52. The molecule has 176 valence electrons. The van der Waals surface area contributed by atoms with Crippen molar-refractivity contribution in [2.45, 2.75) is 56.7 Å². The van der Waals surface area contributed by atoms with Gasteiger partial charge >= 0.3 is 0 Å². The van der Waals surface area contributed by atoms with E-state index >= 15 is 0 Å². The van der Waals surface area contributed by atoms with Crippen LogP contribution in [0.4, 0.5) is 5.69 Å². The predicted molar refractivity (Wildman–Crippen MR) is 138 cm³/mol. The Labute approximate surface area is 206 Å². The van der Waals surface area contributed by atoms with Crippen LogP contribution in [-0.2, 0) is 4.79 Å². The minimum Gasteiger partial charge on any atom is -0.352 e. The molecule has 1 aromatic carbocycles. The number of aromatic nitrogens is 2. The number of para-hydroxylation sites is 1. The summed E-state index contributed by atoms with van der Waals surface area (Å²) in [5, 5.41) is 7.13. The van der Waals surface area contributed by atoms with Gasteiger partial charge in [-0.3, -0.25) is 9.78 Å². The second-order valence-electron chi connectivity index (χ2n) is 9.17. The quantitative estimate of drug-likeness (QED) is 0.451. The predicted octanol–water partition coefficient (Wildman–Crippen LogP) is 5.39. The van der Waals surface area contributed by atoms with Crippen molar-refractivity contribution in [1.29, 1.82) is 0 Å². The molecule has 2 fully saturated rings. The molecule has 2 aromatic heterocycles. The lowest BCUT2D eigenvalue weighted by atomic mass is 9.95. The largest absolute Gasteiger partial charge is 0.352 e. The molecule has 2 atom stereocenters. The first-order chi connectivity index (χ1) is 16.7. The Morgan fingerprint density at radius 2 is 1.85 bits per heavy atom. The number of anilines is 1.